The minimum atomic E-state index is -3.76. The zero-order chi connectivity index (χ0) is 52.8. The first-order valence-electron chi connectivity index (χ1n) is 24.2. The molecule has 1 aromatic heterocycles. The van der Waals surface area contributed by atoms with E-state index in [0.717, 1.165) is 42.6 Å². The number of sulfonamides is 1. The van der Waals surface area contributed by atoms with Gasteiger partial charge in [-0.2, -0.15) is 5.26 Å². The summed E-state index contributed by atoms with van der Waals surface area (Å²) in [5.74, 6) is -1.99. The highest BCUT2D eigenvalue weighted by atomic mass is 32.2. The van der Waals surface area contributed by atoms with Gasteiger partial charge in [-0.15, -0.1) is 0 Å². The molecule has 1 aliphatic heterocycles. The Balaban J connectivity index is 1.38. The highest BCUT2D eigenvalue weighted by Crippen LogP contribution is 2.40. The summed E-state index contributed by atoms with van der Waals surface area (Å²) in [7, 11) is -2.41. The smallest absolute Gasteiger partial charge is 0.255 e. The Hall–Kier alpha value is -7.19. The average molecular weight is 1020 g/mol. The molecule has 0 radical (unpaired) electrons. The first-order valence-corrected chi connectivity index (χ1v) is 26.1. The second-order valence-corrected chi connectivity index (χ2v) is 19.9. The van der Waals surface area contributed by atoms with Crippen LogP contribution < -0.4 is 51.7 Å². The summed E-state index contributed by atoms with van der Waals surface area (Å²) in [6, 6.07) is 13.7. The van der Waals surface area contributed by atoms with E-state index in [1.54, 1.807) is 50.2 Å². The molecule has 6 rings (SSSR count). The van der Waals surface area contributed by atoms with E-state index in [-0.39, 0.29) is 69.5 Å². The van der Waals surface area contributed by atoms with Crippen molar-refractivity contribution in [1.82, 2.24) is 40.9 Å². The average Bonchev–Trinajstić information content (AvgIpc) is 3.36. The maximum absolute atomic E-state index is 15.0. The molecule has 390 valence electrons. The number of nitriles is 1. The summed E-state index contributed by atoms with van der Waals surface area (Å²) in [4.78, 5) is 81.8. The second kappa shape index (κ2) is 25.5. The van der Waals surface area contributed by atoms with Gasteiger partial charge in [-0.25, -0.2) is 23.1 Å². The summed E-state index contributed by atoms with van der Waals surface area (Å²) < 4.78 is 45.3. The third kappa shape index (κ3) is 14.7. The van der Waals surface area contributed by atoms with Crippen molar-refractivity contribution in [1.29, 1.82) is 5.26 Å². The van der Waals surface area contributed by atoms with E-state index in [9.17, 15) is 32.9 Å². The second-order valence-electron chi connectivity index (χ2n) is 18.1. The molecule has 9 N–H and O–H groups in total. The zero-order valence-electron chi connectivity index (χ0n) is 41.8. The zero-order valence-corrected chi connectivity index (χ0v) is 42.6. The number of hydrogen-bond donors (Lipinski definition) is 7. The Morgan fingerprint density at radius 1 is 0.890 bits per heavy atom. The Morgan fingerprint density at radius 3 is 2.14 bits per heavy atom. The predicted octanol–water partition coefficient (Wildman–Crippen LogP) is 2.24. The van der Waals surface area contributed by atoms with Crippen LogP contribution in [0.3, 0.4) is 0 Å². The number of carbonyl (C=O) groups is 5. The van der Waals surface area contributed by atoms with Gasteiger partial charge in [0, 0.05) is 49.8 Å². The van der Waals surface area contributed by atoms with Crippen LogP contribution in [0.25, 0.3) is 22.5 Å². The fraction of sp³-hybridized carbons (Fsp3) is 0.451. The third-order valence-corrected chi connectivity index (χ3v) is 13.1. The molecule has 1 fully saturated rings. The van der Waals surface area contributed by atoms with E-state index in [1.165, 1.54) is 20.4 Å². The Morgan fingerprint density at radius 2 is 1.52 bits per heavy atom. The lowest BCUT2D eigenvalue weighted by molar-refractivity contribution is -0.141. The number of carbonyl (C=O) groups excluding carboxylic acids is 5. The van der Waals surface area contributed by atoms with E-state index in [1.807, 2.05) is 30.3 Å². The molecule has 3 aromatic carbocycles. The first-order chi connectivity index (χ1) is 34.9. The molecule has 1 aliphatic carbocycles. The molecule has 0 spiro atoms. The van der Waals surface area contributed by atoms with Crippen LogP contribution in [-0.4, -0.2) is 130 Å². The number of benzene rings is 3. The number of nitrogens with two attached hydrogens (primary N) is 2. The Kier molecular flexibility index (Phi) is 19.2. The SMILES string of the molecule is Cc1nc(-c2ccc(OC3CCCCC3)cc2)nc(C)c1C(=O)NC(CCNS(C)(=O)=O)C(=O)N(C)[C@@H]1C(=O)N[C@@H](C)C(=O)N[C@H](C(=O)NCC#N)Cc2ccc(OCCN)c(c2)-c2cc1ccc2OCCN. The molecule has 21 nitrogen and oxygen atoms in total. The van der Waals surface area contributed by atoms with Crippen LogP contribution in [0.4, 0.5) is 0 Å². The first kappa shape index (κ1) is 55.1. The fourth-order valence-electron chi connectivity index (χ4n) is 8.81. The lowest BCUT2D eigenvalue weighted by Gasteiger charge is -2.33. The lowest BCUT2D eigenvalue weighted by atomic mass is 9.93. The van der Waals surface area contributed by atoms with Crippen LogP contribution in [0.2, 0.25) is 0 Å². The van der Waals surface area contributed by atoms with Crippen LogP contribution >= 0.6 is 0 Å². The number of likely N-dealkylation sites (N-methyl/N-ethyl adjacent to an activating group) is 1. The Bertz CT molecular complexity index is 2780. The largest absolute Gasteiger partial charge is 0.492 e. The van der Waals surface area contributed by atoms with Gasteiger partial charge in [0.25, 0.3) is 5.91 Å². The number of hydrogen-bond acceptors (Lipinski definition) is 15. The van der Waals surface area contributed by atoms with Gasteiger partial charge >= 0.3 is 0 Å². The van der Waals surface area contributed by atoms with Crippen LogP contribution in [0, 0.1) is 25.2 Å². The molecule has 4 aromatic rings. The van der Waals surface area contributed by atoms with Gasteiger partial charge in [-0.1, -0.05) is 18.6 Å². The topological polar surface area (TPSA) is 312 Å². The van der Waals surface area contributed by atoms with Crippen molar-refractivity contribution >= 4 is 39.6 Å². The fourth-order valence-corrected chi connectivity index (χ4v) is 9.30. The van der Waals surface area contributed by atoms with Gasteiger partial charge < -0.3 is 51.8 Å². The highest BCUT2D eigenvalue weighted by molar-refractivity contribution is 7.88. The number of fused-ring (bicyclic) bond motifs is 5. The molecule has 4 atom stereocenters. The van der Waals surface area contributed by atoms with Crippen LogP contribution in [0.1, 0.15) is 84.4 Å². The molecule has 1 saturated carbocycles. The molecule has 4 bridgehead atoms. The van der Waals surface area contributed by atoms with Gasteiger partial charge in [0.15, 0.2) is 5.82 Å². The monoisotopic (exact) mass is 1020 g/mol. The van der Waals surface area contributed by atoms with Crippen molar-refractivity contribution in [3.8, 4) is 45.8 Å². The van der Waals surface area contributed by atoms with Gasteiger partial charge in [-0.05, 0) is 113 Å². The molecule has 1 unspecified atom stereocenters. The van der Waals surface area contributed by atoms with Crippen molar-refractivity contribution in [2.45, 2.75) is 96.0 Å². The van der Waals surface area contributed by atoms with Crippen LogP contribution in [0.15, 0.2) is 60.7 Å². The summed E-state index contributed by atoms with van der Waals surface area (Å²) in [5, 5.41) is 19.8. The standard InChI is InChI=1S/C51H65N11O10S/c1-30-44(31(2)58-46(57-30)34-12-15-37(16-13-34)72-36-9-7-6-8-10-36)49(65)60-40(19-23-56-73(5,68)69)51(67)62(4)45-35-14-18-43(71-26-22-54)39(29-35)38-27-33(11-17-42(38)70-25-21-53)28-41(48(64)55-24-20-52)61-47(63)32(3)59-50(45)66/h11-18,27,29,32,36,40-41,45,56H,6-10,19,21-26,28,53-54H2,1-5H3,(H,55,64)(H,59,66)(H,60,65)(H,61,63)/t32-,40?,41-,45-/m0/s1. The van der Waals surface area contributed by atoms with Crippen molar-refractivity contribution in [2.24, 2.45) is 11.5 Å². The van der Waals surface area contributed by atoms with E-state index >= 15 is 4.79 Å². The van der Waals surface area contributed by atoms with Crippen LogP contribution in [-0.2, 0) is 35.6 Å². The van der Waals surface area contributed by atoms with E-state index in [0.29, 0.717) is 51.0 Å². The summed E-state index contributed by atoms with van der Waals surface area (Å²) >= 11 is 0. The number of rotatable bonds is 19. The lowest BCUT2D eigenvalue weighted by Crippen LogP contribution is -2.56. The van der Waals surface area contributed by atoms with Gasteiger partial charge in [0.1, 0.15) is 61.2 Å². The number of ether oxygens (including phenoxy) is 3. The van der Waals surface area contributed by atoms with E-state index in [2.05, 4.69) is 36.0 Å². The van der Waals surface area contributed by atoms with Crippen molar-refractivity contribution < 1.29 is 46.6 Å². The quantitative estimate of drug-likeness (QED) is 0.0663. The number of amides is 5. The molecule has 2 aliphatic rings. The third-order valence-electron chi connectivity index (χ3n) is 12.4. The van der Waals surface area contributed by atoms with Crippen molar-refractivity contribution in [3.05, 3.63) is 88.7 Å². The number of nitrogens with zero attached hydrogens (tertiary/aromatic N) is 4. The summed E-state index contributed by atoms with van der Waals surface area (Å²) in [6.07, 6.45) is 6.34. The number of aryl methyl sites for hydroxylation is 2. The van der Waals surface area contributed by atoms with Crippen LogP contribution in [0.5, 0.6) is 17.2 Å². The summed E-state index contributed by atoms with van der Waals surface area (Å²) in [5.41, 5.74) is 14.7. The van der Waals surface area contributed by atoms with Gasteiger partial charge in [0.2, 0.25) is 33.7 Å². The van der Waals surface area contributed by atoms with Crippen molar-refractivity contribution in [3.63, 3.8) is 0 Å². The molecular formula is C51H65N11O10S. The Labute approximate surface area is 425 Å². The normalized spacial score (nSPS) is 17.6. The maximum atomic E-state index is 15.0. The van der Waals surface area contributed by atoms with Gasteiger partial charge in [0.05, 0.1) is 35.4 Å². The molecule has 73 heavy (non-hydrogen) atoms. The minimum absolute atomic E-state index is 0.0348. The molecule has 5 amide bonds. The molecular weight excluding hydrogens is 959 g/mol. The highest BCUT2D eigenvalue weighted by Gasteiger charge is 2.37. The van der Waals surface area contributed by atoms with Gasteiger partial charge in [-0.3, -0.25) is 24.0 Å². The number of aromatic nitrogens is 2. The number of nitrogens with one attached hydrogen (secondary N) is 5. The van der Waals surface area contributed by atoms with Crippen molar-refractivity contribution in [2.75, 3.05) is 52.7 Å². The predicted molar refractivity (Wildman–Crippen MR) is 272 cm³/mol. The molecule has 2 heterocycles. The molecule has 22 heteroatoms. The maximum Gasteiger partial charge on any atom is 0.255 e. The van der Waals surface area contributed by atoms with E-state index < -0.39 is 63.7 Å². The summed E-state index contributed by atoms with van der Waals surface area (Å²) in [6.45, 7) is 4.59. The van der Waals surface area contributed by atoms with E-state index in [4.69, 9.17) is 25.7 Å². The molecule has 0 saturated heterocycles. The minimum Gasteiger partial charge on any atom is -0.492 e.